The Morgan fingerprint density at radius 3 is 2.20 bits per heavy atom. The van der Waals surface area contributed by atoms with Gasteiger partial charge in [-0.2, -0.15) is 0 Å². The predicted molar refractivity (Wildman–Crippen MR) is 135 cm³/mol. The van der Waals surface area contributed by atoms with Crippen LogP contribution in [0.4, 0.5) is 4.39 Å². The maximum absolute atomic E-state index is 14.4. The van der Waals surface area contributed by atoms with E-state index in [1.165, 1.54) is 57.1 Å². The van der Waals surface area contributed by atoms with Crippen LogP contribution in [0.1, 0.15) is 88.4 Å². The molecule has 0 saturated carbocycles. The standard InChI is InChI=1S/C29H39FO5/c1-3-5-6-7-8-9-10-11-19-32-23-14-16-24(17-15-23)34-29(31)22-13-18-26(25(30)20-22)33-21-28-27(35-28)12-4-2/h13-18,20,27-28H,3-12,19,21H2,1-2H3/t27-,28-/m0/s1. The molecule has 0 amide bonds. The van der Waals surface area contributed by atoms with E-state index in [0.29, 0.717) is 19.0 Å². The highest BCUT2D eigenvalue weighted by Gasteiger charge is 2.38. The van der Waals surface area contributed by atoms with Gasteiger partial charge in [0.2, 0.25) is 0 Å². The summed E-state index contributed by atoms with van der Waals surface area (Å²) in [4.78, 5) is 12.4. The summed E-state index contributed by atoms with van der Waals surface area (Å²) in [5.41, 5.74) is 0.122. The van der Waals surface area contributed by atoms with Gasteiger partial charge < -0.3 is 18.9 Å². The highest BCUT2D eigenvalue weighted by molar-refractivity contribution is 5.91. The minimum Gasteiger partial charge on any atom is -0.494 e. The fourth-order valence-corrected chi connectivity index (χ4v) is 3.98. The van der Waals surface area contributed by atoms with E-state index in [4.69, 9.17) is 18.9 Å². The molecule has 3 rings (SSSR count). The summed E-state index contributed by atoms with van der Waals surface area (Å²) in [6, 6.07) is 11.0. The van der Waals surface area contributed by atoms with Gasteiger partial charge in [-0.05, 0) is 55.3 Å². The molecule has 1 fully saturated rings. The van der Waals surface area contributed by atoms with Crippen molar-refractivity contribution in [2.75, 3.05) is 13.2 Å². The molecule has 0 bridgehead atoms. The molecule has 2 aromatic carbocycles. The summed E-state index contributed by atoms with van der Waals surface area (Å²) in [5.74, 6) is -0.0112. The lowest BCUT2D eigenvalue weighted by molar-refractivity contribution is 0.0734. The molecule has 2 aromatic rings. The van der Waals surface area contributed by atoms with E-state index in [1.807, 2.05) is 0 Å². The highest BCUT2D eigenvalue weighted by Crippen LogP contribution is 2.28. The third-order valence-electron chi connectivity index (χ3n) is 6.13. The van der Waals surface area contributed by atoms with Gasteiger partial charge in [0, 0.05) is 0 Å². The van der Waals surface area contributed by atoms with Crippen LogP contribution in [0.15, 0.2) is 42.5 Å². The summed E-state index contributed by atoms with van der Waals surface area (Å²) < 4.78 is 36.5. The minimum atomic E-state index is -0.628. The molecule has 0 N–H and O–H groups in total. The predicted octanol–water partition coefficient (Wildman–Crippen LogP) is 7.51. The number of carbonyl (C=O) groups is 1. The molecule has 0 aromatic heterocycles. The molecule has 1 saturated heterocycles. The van der Waals surface area contributed by atoms with E-state index in [0.717, 1.165) is 31.1 Å². The molecule has 1 aliphatic heterocycles. The van der Waals surface area contributed by atoms with Crippen molar-refractivity contribution in [3.8, 4) is 17.2 Å². The summed E-state index contributed by atoms with van der Waals surface area (Å²) in [7, 11) is 0. The normalized spacial score (nSPS) is 16.7. The van der Waals surface area contributed by atoms with E-state index in [2.05, 4.69) is 13.8 Å². The lowest BCUT2D eigenvalue weighted by Crippen LogP contribution is -2.11. The number of carbonyl (C=O) groups excluding carboxylic acids is 1. The Bertz CT molecular complexity index is 898. The number of esters is 1. The van der Waals surface area contributed by atoms with Gasteiger partial charge in [-0.15, -0.1) is 0 Å². The van der Waals surface area contributed by atoms with E-state index >= 15 is 0 Å². The number of hydrogen-bond acceptors (Lipinski definition) is 5. The third kappa shape index (κ3) is 9.52. The Balaban J connectivity index is 1.35. The van der Waals surface area contributed by atoms with Crippen LogP contribution in [0.2, 0.25) is 0 Å². The average Bonchev–Trinajstić information content (AvgIpc) is 3.61. The Labute approximate surface area is 208 Å². The number of hydrogen-bond donors (Lipinski definition) is 0. The number of ether oxygens (including phenoxy) is 4. The number of epoxide rings is 1. The maximum atomic E-state index is 14.4. The Morgan fingerprint density at radius 2 is 1.51 bits per heavy atom. The zero-order valence-electron chi connectivity index (χ0n) is 21.1. The van der Waals surface area contributed by atoms with Gasteiger partial charge in [0.25, 0.3) is 0 Å². The molecule has 2 atom stereocenters. The number of unbranched alkanes of at least 4 members (excludes halogenated alkanes) is 7. The first-order chi connectivity index (χ1) is 17.1. The van der Waals surface area contributed by atoms with Crippen LogP contribution < -0.4 is 14.2 Å². The molecule has 0 unspecified atom stereocenters. The Hall–Kier alpha value is -2.60. The van der Waals surface area contributed by atoms with Crippen LogP contribution in [-0.2, 0) is 4.74 Å². The van der Waals surface area contributed by atoms with Gasteiger partial charge in [0.15, 0.2) is 11.6 Å². The van der Waals surface area contributed by atoms with Crippen molar-refractivity contribution in [2.45, 2.75) is 90.3 Å². The van der Waals surface area contributed by atoms with Gasteiger partial charge in [-0.3, -0.25) is 0 Å². The monoisotopic (exact) mass is 486 g/mol. The number of rotatable bonds is 17. The average molecular weight is 487 g/mol. The molecular weight excluding hydrogens is 447 g/mol. The van der Waals surface area contributed by atoms with E-state index in [1.54, 1.807) is 24.3 Å². The zero-order chi connectivity index (χ0) is 24.9. The molecule has 1 heterocycles. The van der Waals surface area contributed by atoms with Crippen molar-refractivity contribution in [1.29, 1.82) is 0 Å². The van der Waals surface area contributed by atoms with E-state index in [-0.39, 0.29) is 23.5 Å². The molecule has 1 aliphatic rings. The molecule has 6 heteroatoms. The molecule has 5 nitrogen and oxygen atoms in total. The lowest BCUT2D eigenvalue weighted by Gasteiger charge is -2.09. The van der Waals surface area contributed by atoms with Gasteiger partial charge in [-0.1, -0.05) is 65.2 Å². The van der Waals surface area contributed by atoms with Crippen LogP contribution in [0.25, 0.3) is 0 Å². The number of halogens is 1. The first kappa shape index (κ1) is 27.0. The fourth-order valence-electron chi connectivity index (χ4n) is 3.98. The van der Waals surface area contributed by atoms with Crippen molar-refractivity contribution in [2.24, 2.45) is 0 Å². The largest absolute Gasteiger partial charge is 0.494 e. The Kier molecular flexibility index (Phi) is 11.4. The molecule has 192 valence electrons. The molecule has 0 spiro atoms. The van der Waals surface area contributed by atoms with Crippen molar-refractivity contribution < 1.29 is 28.1 Å². The van der Waals surface area contributed by atoms with Crippen molar-refractivity contribution >= 4 is 5.97 Å². The van der Waals surface area contributed by atoms with Crippen molar-refractivity contribution in [1.82, 2.24) is 0 Å². The van der Waals surface area contributed by atoms with Crippen LogP contribution in [-0.4, -0.2) is 31.4 Å². The van der Waals surface area contributed by atoms with Gasteiger partial charge in [-0.25, -0.2) is 9.18 Å². The molecular formula is C29H39FO5. The quantitative estimate of drug-likeness (QED) is 0.100. The highest BCUT2D eigenvalue weighted by atomic mass is 19.1. The van der Waals surface area contributed by atoms with Crippen molar-refractivity contribution in [3.63, 3.8) is 0 Å². The zero-order valence-corrected chi connectivity index (χ0v) is 21.1. The van der Waals surface area contributed by atoms with Gasteiger partial charge in [0.05, 0.1) is 18.3 Å². The third-order valence-corrected chi connectivity index (χ3v) is 6.13. The van der Waals surface area contributed by atoms with Crippen LogP contribution >= 0.6 is 0 Å². The fraction of sp³-hybridized carbons (Fsp3) is 0.552. The van der Waals surface area contributed by atoms with E-state index in [9.17, 15) is 9.18 Å². The SMILES string of the molecule is CCCCCCCCCCOc1ccc(OC(=O)c2ccc(OC[C@@H]3O[C@H]3CCC)c(F)c2)cc1. The topological polar surface area (TPSA) is 57.3 Å². The van der Waals surface area contributed by atoms with Crippen LogP contribution in [0, 0.1) is 5.82 Å². The summed E-state index contributed by atoms with van der Waals surface area (Å²) in [6.07, 6.45) is 12.3. The second kappa shape index (κ2) is 14.7. The van der Waals surface area contributed by atoms with Gasteiger partial charge in [0.1, 0.15) is 24.2 Å². The Morgan fingerprint density at radius 1 is 0.829 bits per heavy atom. The summed E-state index contributed by atoms with van der Waals surface area (Å²) in [6.45, 7) is 5.31. The first-order valence-electron chi connectivity index (χ1n) is 13.1. The van der Waals surface area contributed by atoms with E-state index < -0.39 is 11.8 Å². The first-order valence-corrected chi connectivity index (χ1v) is 13.1. The lowest BCUT2D eigenvalue weighted by atomic mass is 10.1. The second-order valence-electron chi connectivity index (χ2n) is 9.14. The van der Waals surface area contributed by atoms with Crippen molar-refractivity contribution in [3.05, 3.63) is 53.8 Å². The second-order valence-corrected chi connectivity index (χ2v) is 9.14. The van der Waals surface area contributed by atoms with Crippen LogP contribution in [0.3, 0.4) is 0 Å². The smallest absolute Gasteiger partial charge is 0.343 e. The minimum absolute atomic E-state index is 0.0197. The molecule has 0 radical (unpaired) electrons. The maximum Gasteiger partial charge on any atom is 0.343 e. The number of benzene rings is 2. The molecule has 0 aliphatic carbocycles. The summed E-state index contributed by atoms with van der Waals surface area (Å²) >= 11 is 0. The van der Waals surface area contributed by atoms with Crippen LogP contribution in [0.5, 0.6) is 17.2 Å². The summed E-state index contributed by atoms with van der Waals surface area (Å²) in [5, 5.41) is 0. The van der Waals surface area contributed by atoms with Gasteiger partial charge >= 0.3 is 5.97 Å². The molecule has 35 heavy (non-hydrogen) atoms.